The van der Waals surface area contributed by atoms with Crippen molar-refractivity contribution in [1.29, 1.82) is 0 Å². The molecule has 9 heteroatoms. The molecule has 0 saturated heterocycles. The highest BCUT2D eigenvalue weighted by molar-refractivity contribution is 9.10. The van der Waals surface area contributed by atoms with Gasteiger partial charge in [-0.05, 0) is 34.1 Å². The van der Waals surface area contributed by atoms with Crippen LogP contribution in [0.4, 0.5) is 10.1 Å². The van der Waals surface area contributed by atoms with Crippen LogP contribution in [0.15, 0.2) is 33.8 Å². The van der Waals surface area contributed by atoms with Gasteiger partial charge in [-0.1, -0.05) is 0 Å². The molecule has 0 saturated carbocycles. The third-order valence-corrected chi connectivity index (χ3v) is 4.77. The van der Waals surface area contributed by atoms with Gasteiger partial charge in [-0.15, -0.1) is 0 Å². The second-order valence-electron chi connectivity index (χ2n) is 4.07. The Labute approximate surface area is 124 Å². The summed E-state index contributed by atoms with van der Waals surface area (Å²) in [6.45, 7) is 0.0628. The fourth-order valence-electron chi connectivity index (χ4n) is 1.60. The summed E-state index contributed by atoms with van der Waals surface area (Å²) in [5.74, 6) is -0.618. The number of nitrogens with one attached hydrogen (secondary N) is 1. The zero-order valence-corrected chi connectivity index (χ0v) is 12.9. The molecule has 1 aromatic heterocycles. The van der Waals surface area contributed by atoms with Gasteiger partial charge in [0, 0.05) is 13.2 Å². The van der Waals surface area contributed by atoms with E-state index < -0.39 is 15.8 Å². The molecule has 0 aliphatic carbocycles. The van der Waals surface area contributed by atoms with E-state index in [1.807, 2.05) is 0 Å². The van der Waals surface area contributed by atoms with Crippen molar-refractivity contribution in [3.8, 4) is 0 Å². The molecule has 6 nitrogen and oxygen atoms in total. The maximum absolute atomic E-state index is 13.3. The fraction of sp³-hybridized carbons (Fsp3) is 0.182. The normalized spacial score (nSPS) is 11.8. The van der Waals surface area contributed by atoms with Crippen molar-refractivity contribution in [1.82, 2.24) is 14.5 Å². The zero-order valence-electron chi connectivity index (χ0n) is 10.5. The quantitative estimate of drug-likeness (QED) is 0.804. The molecule has 0 bridgehead atoms. The van der Waals surface area contributed by atoms with Crippen LogP contribution < -0.4 is 10.5 Å². The first kappa shape index (κ1) is 14.9. The summed E-state index contributed by atoms with van der Waals surface area (Å²) in [5.41, 5.74) is 6.10. The molecule has 0 aliphatic rings. The van der Waals surface area contributed by atoms with Crippen molar-refractivity contribution in [3.63, 3.8) is 0 Å². The molecule has 0 aliphatic heterocycles. The van der Waals surface area contributed by atoms with Gasteiger partial charge in [-0.25, -0.2) is 17.5 Å². The number of aromatic nitrogens is 2. The summed E-state index contributed by atoms with van der Waals surface area (Å²) in [5, 5.41) is 3.93. The Morgan fingerprint density at radius 3 is 2.80 bits per heavy atom. The van der Waals surface area contributed by atoms with E-state index in [-0.39, 0.29) is 21.6 Å². The van der Waals surface area contributed by atoms with Gasteiger partial charge in [0.25, 0.3) is 0 Å². The Hall–Kier alpha value is -1.45. The Bertz CT molecular complexity index is 745. The minimum Gasteiger partial charge on any atom is -0.398 e. The number of nitrogens with zero attached hydrogens (tertiary/aromatic N) is 2. The van der Waals surface area contributed by atoms with E-state index in [1.54, 1.807) is 24.0 Å². The Kier molecular flexibility index (Phi) is 4.11. The lowest BCUT2D eigenvalue weighted by molar-refractivity contribution is 0.576. The summed E-state index contributed by atoms with van der Waals surface area (Å²) in [4.78, 5) is -0.173. The molecule has 1 heterocycles. The topological polar surface area (TPSA) is 90.0 Å². The molecular weight excluding hydrogens is 351 g/mol. The zero-order chi connectivity index (χ0) is 14.9. The number of nitrogen functional groups attached to an aromatic ring is 1. The third-order valence-electron chi connectivity index (χ3n) is 2.71. The second-order valence-corrected chi connectivity index (χ2v) is 6.66. The van der Waals surface area contributed by atoms with Gasteiger partial charge in [-0.2, -0.15) is 5.10 Å². The molecule has 0 atom stereocenters. The average molecular weight is 363 g/mol. The summed E-state index contributed by atoms with van der Waals surface area (Å²) in [6, 6.07) is 3.78. The number of aryl methyl sites for hydroxylation is 1. The minimum absolute atomic E-state index is 0.0348. The third kappa shape index (κ3) is 3.00. The molecule has 2 rings (SSSR count). The van der Waals surface area contributed by atoms with Gasteiger partial charge in [0.15, 0.2) is 0 Å². The maximum Gasteiger partial charge on any atom is 0.243 e. The fourth-order valence-corrected chi connectivity index (χ4v) is 3.23. The minimum atomic E-state index is -3.84. The molecule has 0 spiro atoms. The lowest BCUT2D eigenvalue weighted by Crippen LogP contribution is -2.25. The van der Waals surface area contributed by atoms with Crippen molar-refractivity contribution in [2.45, 2.75) is 11.4 Å². The second kappa shape index (κ2) is 5.51. The summed E-state index contributed by atoms with van der Waals surface area (Å²) in [7, 11) is -2.13. The van der Waals surface area contributed by atoms with Crippen LogP contribution in [0.3, 0.4) is 0 Å². The van der Waals surface area contributed by atoms with Crippen LogP contribution in [0.1, 0.15) is 5.69 Å². The number of sulfonamides is 1. The van der Waals surface area contributed by atoms with Crippen molar-refractivity contribution in [2.24, 2.45) is 7.05 Å². The smallest absolute Gasteiger partial charge is 0.243 e. The SMILES string of the molecule is Cn1nccc1CNS(=O)(=O)c1cc(Br)c(F)cc1N. The highest BCUT2D eigenvalue weighted by Crippen LogP contribution is 2.26. The number of nitrogens with two attached hydrogens (primary N) is 1. The lowest BCUT2D eigenvalue weighted by atomic mass is 10.3. The molecule has 1 aromatic carbocycles. The van der Waals surface area contributed by atoms with E-state index in [4.69, 9.17) is 5.73 Å². The van der Waals surface area contributed by atoms with Gasteiger partial charge in [0.1, 0.15) is 10.7 Å². The molecule has 0 radical (unpaired) electrons. The Balaban J connectivity index is 2.27. The van der Waals surface area contributed by atoms with Gasteiger partial charge in [-0.3, -0.25) is 4.68 Å². The van der Waals surface area contributed by atoms with Gasteiger partial charge < -0.3 is 5.73 Å². The first-order valence-corrected chi connectivity index (χ1v) is 7.80. The molecule has 0 amide bonds. The number of hydrogen-bond acceptors (Lipinski definition) is 4. The maximum atomic E-state index is 13.3. The number of hydrogen-bond donors (Lipinski definition) is 2. The summed E-state index contributed by atoms with van der Waals surface area (Å²) < 4.78 is 41.6. The molecule has 3 N–H and O–H groups in total. The van der Waals surface area contributed by atoms with Crippen LogP contribution in [0.25, 0.3) is 0 Å². The van der Waals surface area contributed by atoms with Crippen molar-refractivity contribution in [3.05, 3.63) is 40.4 Å². The number of rotatable bonds is 4. The van der Waals surface area contributed by atoms with Crippen LogP contribution >= 0.6 is 15.9 Å². The highest BCUT2D eigenvalue weighted by atomic mass is 79.9. The monoisotopic (exact) mass is 362 g/mol. The summed E-state index contributed by atoms with van der Waals surface area (Å²) in [6.07, 6.45) is 1.56. The first-order valence-electron chi connectivity index (χ1n) is 5.52. The molecule has 2 aromatic rings. The summed E-state index contributed by atoms with van der Waals surface area (Å²) >= 11 is 2.94. The van der Waals surface area contributed by atoms with Crippen LogP contribution in [0.2, 0.25) is 0 Å². The first-order chi connectivity index (χ1) is 9.31. The molecule has 0 fully saturated rings. The molecular formula is C11H12BrFN4O2S. The van der Waals surface area contributed by atoms with Crippen LogP contribution in [0.5, 0.6) is 0 Å². The van der Waals surface area contributed by atoms with E-state index in [2.05, 4.69) is 25.8 Å². The van der Waals surface area contributed by atoms with Crippen molar-refractivity contribution >= 4 is 31.6 Å². The van der Waals surface area contributed by atoms with E-state index in [1.165, 1.54) is 0 Å². The standard InChI is InChI=1S/C11H12BrFN4O2S/c1-17-7(2-3-15-17)6-16-20(18,19)11-4-8(12)9(13)5-10(11)14/h2-5,16H,6,14H2,1H3. The van der Waals surface area contributed by atoms with E-state index >= 15 is 0 Å². The Morgan fingerprint density at radius 2 is 2.20 bits per heavy atom. The number of benzene rings is 1. The molecule has 0 unspecified atom stereocenters. The van der Waals surface area contributed by atoms with E-state index in [0.717, 1.165) is 12.1 Å². The number of halogens is 2. The Morgan fingerprint density at radius 1 is 1.50 bits per heavy atom. The largest absolute Gasteiger partial charge is 0.398 e. The van der Waals surface area contributed by atoms with Gasteiger partial charge >= 0.3 is 0 Å². The van der Waals surface area contributed by atoms with Crippen LogP contribution in [-0.2, 0) is 23.6 Å². The average Bonchev–Trinajstić information content (AvgIpc) is 2.77. The molecule has 108 valence electrons. The highest BCUT2D eigenvalue weighted by Gasteiger charge is 2.19. The van der Waals surface area contributed by atoms with Gasteiger partial charge in [0.2, 0.25) is 10.0 Å². The number of anilines is 1. The van der Waals surface area contributed by atoms with E-state index in [0.29, 0.717) is 5.69 Å². The van der Waals surface area contributed by atoms with Crippen molar-refractivity contribution in [2.75, 3.05) is 5.73 Å². The lowest BCUT2D eigenvalue weighted by Gasteiger charge is -2.10. The van der Waals surface area contributed by atoms with Gasteiger partial charge in [0.05, 0.1) is 22.4 Å². The predicted octanol–water partition coefficient (Wildman–Crippen LogP) is 1.38. The van der Waals surface area contributed by atoms with Crippen LogP contribution in [-0.4, -0.2) is 18.2 Å². The van der Waals surface area contributed by atoms with Crippen molar-refractivity contribution < 1.29 is 12.8 Å². The molecule has 20 heavy (non-hydrogen) atoms. The van der Waals surface area contributed by atoms with Crippen LogP contribution in [0, 0.1) is 5.82 Å². The van der Waals surface area contributed by atoms with E-state index in [9.17, 15) is 12.8 Å². The predicted molar refractivity (Wildman–Crippen MR) is 75.7 cm³/mol.